The third kappa shape index (κ3) is 5.78. The van der Waals surface area contributed by atoms with E-state index in [-0.39, 0.29) is 37.3 Å². The maximum Gasteiger partial charge on any atom is 0.320 e. The molecule has 0 bridgehead atoms. The average molecular weight is 553 g/mol. The maximum absolute atomic E-state index is 14.1. The van der Waals surface area contributed by atoms with Gasteiger partial charge in [0.25, 0.3) is 0 Å². The normalized spacial score (nSPS) is 29.0. The number of amides is 2. The number of carbonyl (C=O) groups is 3. The zero-order chi connectivity index (χ0) is 28.3. The number of allylic oxidation sites excluding steroid dienone is 1. The molecule has 3 heterocycles. The van der Waals surface area contributed by atoms with Crippen LogP contribution in [0, 0.1) is 24.2 Å². The molecular formula is C32H44N2O6. The summed E-state index contributed by atoms with van der Waals surface area (Å²) in [7, 11) is 1.39. The fraction of sp³-hybridized carbons (Fsp3) is 0.656. The molecule has 2 amide bonds. The SMILES string of the molecule is COC(=O)[C@]12C[C@H](CC(=O)NCc3ccc(C)o3)C(=O)N(CCC3=CCCCC3)C1=C[C@H](C1CCCC1)O[C@@H]2C. The summed E-state index contributed by atoms with van der Waals surface area (Å²) >= 11 is 0. The minimum atomic E-state index is -1.14. The van der Waals surface area contributed by atoms with Gasteiger partial charge in [0.05, 0.1) is 25.9 Å². The van der Waals surface area contributed by atoms with Crippen molar-refractivity contribution in [2.75, 3.05) is 13.7 Å². The highest BCUT2D eigenvalue weighted by atomic mass is 16.5. The number of piperidine rings is 1. The van der Waals surface area contributed by atoms with Crippen LogP contribution in [0.4, 0.5) is 0 Å². The number of aryl methyl sites for hydroxylation is 1. The number of methoxy groups -OCH3 is 1. The van der Waals surface area contributed by atoms with Gasteiger partial charge in [-0.1, -0.05) is 24.5 Å². The van der Waals surface area contributed by atoms with E-state index in [1.807, 2.05) is 30.9 Å². The molecule has 8 nitrogen and oxygen atoms in total. The van der Waals surface area contributed by atoms with Crippen LogP contribution < -0.4 is 5.32 Å². The van der Waals surface area contributed by atoms with Crippen LogP contribution in [0.3, 0.4) is 0 Å². The van der Waals surface area contributed by atoms with Crippen molar-refractivity contribution in [1.29, 1.82) is 0 Å². The molecule has 218 valence electrons. The van der Waals surface area contributed by atoms with Gasteiger partial charge in [0.2, 0.25) is 11.8 Å². The number of nitrogens with zero attached hydrogens (tertiary/aromatic N) is 1. The predicted molar refractivity (Wildman–Crippen MR) is 150 cm³/mol. The predicted octanol–water partition coefficient (Wildman–Crippen LogP) is 5.35. The summed E-state index contributed by atoms with van der Waals surface area (Å²) in [4.78, 5) is 42.7. The fourth-order valence-electron chi connectivity index (χ4n) is 7.23. The van der Waals surface area contributed by atoms with E-state index in [9.17, 15) is 14.4 Å². The maximum atomic E-state index is 14.1. The van der Waals surface area contributed by atoms with Gasteiger partial charge in [-0.2, -0.15) is 0 Å². The van der Waals surface area contributed by atoms with Gasteiger partial charge in [-0.05, 0) is 89.3 Å². The zero-order valence-corrected chi connectivity index (χ0v) is 24.2. The molecule has 0 spiro atoms. The number of fused-ring (bicyclic) bond motifs is 1. The minimum absolute atomic E-state index is 0.0114. The number of nitrogens with one attached hydrogen (secondary N) is 1. The molecule has 5 rings (SSSR count). The number of hydrogen-bond donors (Lipinski definition) is 1. The second-order valence-corrected chi connectivity index (χ2v) is 12.0. The highest BCUT2D eigenvalue weighted by Gasteiger charge is 2.60. The first kappa shape index (κ1) is 28.7. The van der Waals surface area contributed by atoms with E-state index >= 15 is 0 Å². The molecule has 2 aliphatic carbocycles. The molecule has 8 heteroatoms. The van der Waals surface area contributed by atoms with Crippen LogP contribution in [0.5, 0.6) is 0 Å². The van der Waals surface area contributed by atoms with E-state index in [1.165, 1.54) is 38.4 Å². The Hall–Kier alpha value is -2.87. The molecule has 4 aliphatic rings. The molecule has 1 aromatic rings. The second-order valence-electron chi connectivity index (χ2n) is 12.0. The van der Waals surface area contributed by atoms with Gasteiger partial charge in [0.15, 0.2) is 0 Å². The second kappa shape index (κ2) is 12.3. The number of esters is 1. The number of hydrogen-bond acceptors (Lipinski definition) is 6. The Morgan fingerprint density at radius 2 is 1.98 bits per heavy atom. The average Bonchev–Trinajstić information content (AvgIpc) is 3.64. The van der Waals surface area contributed by atoms with E-state index in [1.54, 1.807) is 0 Å². The topological polar surface area (TPSA) is 98.1 Å². The highest BCUT2D eigenvalue weighted by molar-refractivity contribution is 5.92. The third-order valence-corrected chi connectivity index (χ3v) is 9.45. The largest absolute Gasteiger partial charge is 0.468 e. The lowest BCUT2D eigenvalue weighted by atomic mass is 9.66. The van der Waals surface area contributed by atoms with Gasteiger partial charge in [-0.15, -0.1) is 0 Å². The van der Waals surface area contributed by atoms with E-state index < -0.39 is 23.4 Å². The Bertz CT molecular complexity index is 1160. The molecular weight excluding hydrogens is 508 g/mol. The summed E-state index contributed by atoms with van der Waals surface area (Å²) in [5.74, 6) is 0.417. The van der Waals surface area contributed by atoms with Crippen molar-refractivity contribution in [2.24, 2.45) is 17.3 Å². The molecule has 2 fully saturated rings. The number of likely N-dealkylation sites (tertiary alicyclic amines) is 1. The fourth-order valence-corrected chi connectivity index (χ4v) is 7.23. The zero-order valence-electron chi connectivity index (χ0n) is 24.2. The Morgan fingerprint density at radius 3 is 2.65 bits per heavy atom. The molecule has 1 saturated heterocycles. The molecule has 1 N–H and O–H groups in total. The van der Waals surface area contributed by atoms with Gasteiger partial charge in [0, 0.05) is 24.6 Å². The summed E-state index contributed by atoms with van der Waals surface area (Å²) in [6.07, 6.45) is 13.7. The first-order chi connectivity index (χ1) is 19.3. The Balaban J connectivity index is 1.44. The van der Waals surface area contributed by atoms with Crippen molar-refractivity contribution in [2.45, 2.75) is 103 Å². The highest BCUT2D eigenvalue weighted by Crippen LogP contribution is 2.52. The summed E-state index contributed by atoms with van der Waals surface area (Å²) in [5, 5.41) is 2.89. The van der Waals surface area contributed by atoms with Gasteiger partial charge >= 0.3 is 5.97 Å². The van der Waals surface area contributed by atoms with Crippen LogP contribution in [-0.4, -0.2) is 48.5 Å². The van der Waals surface area contributed by atoms with Crippen LogP contribution in [0.15, 0.2) is 40.0 Å². The first-order valence-electron chi connectivity index (χ1n) is 15.1. The van der Waals surface area contributed by atoms with Crippen molar-refractivity contribution < 1.29 is 28.3 Å². The van der Waals surface area contributed by atoms with Crippen LogP contribution >= 0.6 is 0 Å². The monoisotopic (exact) mass is 552 g/mol. The molecule has 1 saturated carbocycles. The lowest BCUT2D eigenvalue weighted by molar-refractivity contribution is -0.177. The van der Waals surface area contributed by atoms with Crippen LogP contribution in [-0.2, 0) is 30.4 Å². The molecule has 4 atom stereocenters. The van der Waals surface area contributed by atoms with Crippen molar-refractivity contribution in [3.05, 3.63) is 47.1 Å². The van der Waals surface area contributed by atoms with E-state index in [4.69, 9.17) is 13.9 Å². The molecule has 40 heavy (non-hydrogen) atoms. The summed E-state index contributed by atoms with van der Waals surface area (Å²) in [6.45, 7) is 4.52. The smallest absolute Gasteiger partial charge is 0.320 e. The lowest BCUT2D eigenvalue weighted by Crippen LogP contribution is -2.60. The van der Waals surface area contributed by atoms with Gasteiger partial charge in [-0.3, -0.25) is 14.4 Å². The quantitative estimate of drug-likeness (QED) is 0.327. The van der Waals surface area contributed by atoms with E-state index in [0.29, 0.717) is 18.2 Å². The van der Waals surface area contributed by atoms with Gasteiger partial charge in [0.1, 0.15) is 16.9 Å². The van der Waals surface area contributed by atoms with Gasteiger partial charge < -0.3 is 24.1 Å². The van der Waals surface area contributed by atoms with E-state index in [0.717, 1.165) is 43.6 Å². The Kier molecular flexibility index (Phi) is 8.83. The Labute approximate surface area is 237 Å². The van der Waals surface area contributed by atoms with Crippen LogP contribution in [0.2, 0.25) is 0 Å². The molecule has 0 radical (unpaired) electrons. The van der Waals surface area contributed by atoms with Crippen molar-refractivity contribution >= 4 is 17.8 Å². The standard InChI is InChI=1S/C32H44N2O6/c1-21-13-14-26(39-21)20-33-29(35)17-25-19-32(31(37)38-3)22(2)40-27(24-11-7-8-12-24)18-28(32)34(30(25)36)16-15-23-9-5-4-6-10-23/h9,13-14,18,22,24-25,27H,4-8,10-12,15-17,19-20H2,1-3H3,(H,33,35)/t22-,25+,27-,32+/m1/s1. The van der Waals surface area contributed by atoms with Crippen LogP contribution in [0.25, 0.3) is 0 Å². The van der Waals surface area contributed by atoms with Gasteiger partial charge in [-0.25, -0.2) is 0 Å². The molecule has 2 aliphatic heterocycles. The van der Waals surface area contributed by atoms with E-state index in [2.05, 4.69) is 17.5 Å². The number of carbonyl (C=O) groups excluding carboxylic acids is 3. The number of rotatable bonds is 9. The number of ether oxygens (including phenoxy) is 2. The summed E-state index contributed by atoms with van der Waals surface area (Å²) < 4.78 is 17.5. The summed E-state index contributed by atoms with van der Waals surface area (Å²) in [6, 6.07) is 3.68. The summed E-state index contributed by atoms with van der Waals surface area (Å²) in [5.41, 5.74) is 0.949. The van der Waals surface area contributed by atoms with Crippen molar-refractivity contribution in [3.63, 3.8) is 0 Å². The number of furan rings is 1. The third-order valence-electron chi connectivity index (χ3n) is 9.45. The molecule has 0 unspecified atom stereocenters. The van der Waals surface area contributed by atoms with Crippen molar-refractivity contribution in [1.82, 2.24) is 10.2 Å². The van der Waals surface area contributed by atoms with Crippen LogP contribution in [0.1, 0.15) is 89.1 Å². The minimum Gasteiger partial charge on any atom is -0.468 e. The van der Waals surface area contributed by atoms with Crippen molar-refractivity contribution in [3.8, 4) is 0 Å². The molecule has 0 aromatic carbocycles. The lowest BCUT2D eigenvalue weighted by Gasteiger charge is -2.52. The molecule has 1 aromatic heterocycles. The Morgan fingerprint density at radius 1 is 1.18 bits per heavy atom. The first-order valence-corrected chi connectivity index (χ1v) is 15.1.